The molecule has 0 aliphatic carbocycles. The predicted octanol–water partition coefficient (Wildman–Crippen LogP) is 3.23. The summed E-state index contributed by atoms with van der Waals surface area (Å²) in [7, 11) is -2.11. The van der Waals surface area contributed by atoms with Crippen molar-refractivity contribution in [2.45, 2.75) is 45.6 Å². The Bertz CT molecular complexity index is 1060. The third-order valence-electron chi connectivity index (χ3n) is 5.71. The van der Waals surface area contributed by atoms with E-state index in [0.29, 0.717) is 37.4 Å². The van der Waals surface area contributed by atoms with Crippen molar-refractivity contribution in [2.75, 3.05) is 37.3 Å². The zero-order valence-electron chi connectivity index (χ0n) is 21.1. The molecule has 0 spiro atoms. The highest BCUT2D eigenvalue weighted by atomic mass is 32.2. The van der Waals surface area contributed by atoms with E-state index in [9.17, 15) is 18.0 Å². The summed E-state index contributed by atoms with van der Waals surface area (Å²) in [5, 5.41) is 2.86. The van der Waals surface area contributed by atoms with Crippen LogP contribution in [-0.2, 0) is 26.0 Å². The topological polar surface area (TPSA) is 96.0 Å². The van der Waals surface area contributed by atoms with Crippen molar-refractivity contribution in [1.29, 1.82) is 0 Å². The van der Waals surface area contributed by atoms with Crippen molar-refractivity contribution < 1.29 is 22.7 Å². The second-order valence-corrected chi connectivity index (χ2v) is 10.3. The number of rotatable bonds is 14. The van der Waals surface area contributed by atoms with Gasteiger partial charge in [0, 0.05) is 26.1 Å². The molecular formula is C26H37N3O5S. The minimum absolute atomic E-state index is 0.112. The fraction of sp³-hybridized carbons (Fsp3) is 0.462. The maximum atomic E-state index is 13.2. The third kappa shape index (κ3) is 8.58. The van der Waals surface area contributed by atoms with Crippen LogP contribution < -0.4 is 14.4 Å². The van der Waals surface area contributed by atoms with E-state index >= 15 is 0 Å². The summed E-state index contributed by atoms with van der Waals surface area (Å²) in [6, 6.07) is 16.0. The Morgan fingerprint density at radius 1 is 1.03 bits per heavy atom. The minimum Gasteiger partial charge on any atom is -0.495 e. The predicted molar refractivity (Wildman–Crippen MR) is 139 cm³/mol. The average Bonchev–Trinajstić information content (AvgIpc) is 2.85. The summed E-state index contributed by atoms with van der Waals surface area (Å²) in [4.78, 5) is 27.4. The molecule has 2 rings (SSSR count). The van der Waals surface area contributed by atoms with Gasteiger partial charge >= 0.3 is 0 Å². The molecule has 192 valence electrons. The lowest BCUT2D eigenvalue weighted by atomic mass is 10.1. The van der Waals surface area contributed by atoms with Gasteiger partial charge in [0.25, 0.3) is 0 Å². The Kier molecular flexibility index (Phi) is 11.0. The van der Waals surface area contributed by atoms with Gasteiger partial charge in [0.2, 0.25) is 21.8 Å². The summed E-state index contributed by atoms with van der Waals surface area (Å²) >= 11 is 0. The lowest BCUT2D eigenvalue weighted by Gasteiger charge is -2.29. The van der Waals surface area contributed by atoms with Gasteiger partial charge in [0.15, 0.2) is 0 Å². The van der Waals surface area contributed by atoms with Crippen LogP contribution in [0.1, 0.15) is 38.7 Å². The number of carbonyl (C=O) groups excluding carboxylic acids is 2. The molecule has 0 bridgehead atoms. The van der Waals surface area contributed by atoms with E-state index in [-0.39, 0.29) is 24.8 Å². The van der Waals surface area contributed by atoms with E-state index in [1.165, 1.54) is 11.4 Å². The summed E-state index contributed by atoms with van der Waals surface area (Å²) in [5.74, 6) is 0.0589. The number of carbonyl (C=O) groups is 2. The van der Waals surface area contributed by atoms with Crippen LogP contribution in [-0.4, -0.2) is 64.2 Å². The average molecular weight is 504 g/mol. The molecule has 0 aromatic heterocycles. The number of hydrogen-bond acceptors (Lipinski definition) is 5. The number of sulfonamides is 1. The van der Waals surface area contributed by atoms with Crippen LogP contribution in [0.2, 0.25) is 0 Å². The van der Waals surface area contributed by atoms with E-state index in [1.807, 2.05) is 37.3 Å². The molecule has 8 nitrogen and oxygen atoms in total. The van der Waals surface area contributed by atoms with Crippen molar-refractivity contribution in [3.8, 4) is 5.75 Å². The van der Waals surface area contributed by atoms with Crippen LogP contribution in [0.5, 0.6) is 5.75 Å². The molecule has 35 heavy (non-hydrogen) atoms. The highest BCUT2D eigenvalue weighted by molar-refractivity contribution is 7.92. The maximum absolute atomic E-state index is 13.2. The molecule has 0 saturated heterocycles. The number of para-hydroxylation sites is 2. The van der Waals surface area contributed by atoms with Crippen molar-refractivity contribution >= 4 is 27.5 Å². The highest BCUT2D eigenvalue weighted by Gasteiger charge is 2.26. The Morgan fingerprint density at radius 2 is 1.69 bits per heavy atom. The SMILES string of the molecule is CCCNC(=O)[C@@H](C)N(CCc1ccccc1)C(=O)CCCN(c1ccccc1OC)S(C)(=O)=O. The summed E-state index contributed by atoms with van der Waals surface area (Å²) in [6.07, 6.45) is 2.97. The van der Waals surface area contributed by atoms with Crippen molar-refractivity contribution in [3.63, 3.8) is 0 Å². The largest absolute Gasteiger partial charge is 0.495 e. The third-order valence-corrected chi connectivity index (χ3v) is 6.89. The molecule has 0 heterocycles. The van der Waals surface area contributed by atoms with Gasteiger partial charge in [0.05, 0.1) is 19.1 Å². The molecule has 0 unspecified atom stereocenters. The van der Waals surface area contributed by atoms with Gasteiger partial charge in [-0.05, 0) is 43.9 Å². The molecule has 0 saturated carbocycles. The number of nitrogens with zero attached hydrogens (tertiary/aromatic N) is 2. The molecule has 0 radical (unpaired) electrons. The van der Waals surface area contributed by atoms with Crippen molar-refractivity contribution in [3.05, 3.63) is 60.2 Å². The normalized spacial score (nSPS) is 12.0. The van der Waals surface area contributed by atoms with Gasteiger partial charge in [0.1, 0.15) is 11.8 Å². The smallest absolute Gasteiger partial charge is 0.242 e. The van der Waals surface area contributed by atoms with Gasteiger partial charge in [-0.15, -0.1) is 0 Å². The number of ether oxygens (including phenoxy) is 1. The summed E-state index contributed by atoms with van der Waals surface area (Å²) in [5.41, 5.74) is 1.50. The molecule has 2 aromatic carbocycles. The first-order valence-corrected chi connectivity index (χ1v) is 13.8. The molecule has 0 aliphatic rings. The number of amides is 2. The quantitative estimate of drug-likeness (QED) is 0.427. The maximum Gasteiger partial charge on any atom is 0.242 e. The Morgan fingerprint density at radius 3 is 2.31 bits per heavy atom. The Hall–Kier alpha value is -3.07. The molecule has 2 amide bonds. The van der Waals surface area contributed by atoms with Crippen LogP contribution in [0.25, 0.3) is 0 Å². The number of anilines is 1. The highest BCUT2D eigenvalue weighted by Crippen LogP contribution is 2.29. The molecule has 2 aromatic rings. The van der Waals surface area contributed by atoms with Gasteiger partial charge in [-0.25, -0.2) is 8.42 Å². The van der Waals surface area contributed by atoms with Gasteiger partial charge in [-0.2, -0.15) is 0 Å². The van der Waals surface area contributed by atoms with E-state index < -0.39 is 16.1 Å². The van der Waals surface area contributed by atoms with Crippen LogP contribution >= 0.6 is 0 Å². The van der Waals surface area contributed by atoms with Gasteiger partial charge in [-0.1, -0.05) is 49.4 Å². The van der Waals surface area contributed by atoms with Crippen LogP contribution in [0, 0.1) is 0 Å². The first-order valence-electron chi connectivity index (χ1n) is 11.9. The fourth-order valence-electron chi connectivity index (χ4n) is 3.78. The molecule has 1 atom stereocenters. The van der Waals surface area contributed by atoms with E-state index in [0.717, 1.165) is 18.2 Å². The first-order chi connectivity index (χ1) is 16.7. The number of hydrogen-bond donors (Lipinski definition) is 1. The number of nitrogens with one attached hydrogen (secondary N) is 1. The summed E-state index contributed by atoms with van der Waals surface area (Å²) < 4.78 is 31.6. The first kappa shape index (κ1) is 28.2. The van der Waals surface area contributed by atoms with E-state index in [1.54, 1.807) is 36.1 Å². The van der Waals surface area contributed by atoms with Crippen LogP contribution in [0.3, 0.4) is 0 Å². The fourth-order valence-corrected chi connectivity index (χ4v) is 4.75. The zero-order valence-corrected chi connectivity index (χ0v) is 21.9. The lowest BCUT2D eigenvalue weighted by molar-refractivity contribution is -0.139. The molecule has 1 N–H and O–H groups in total. The van der Waals surface area contributed by atoms with Gasteiger partial charge < -0.3 is 15.0 Å². The van der Waals surface area contributed by atoms with Crippen molar-refractivity contribution in [1.82, 2.24) is 10.2 Å². The van der Waals surface area contributed by atoms with E-state index in [2.05, 4.69) is 5.32 Å². The zero-order chi connectivity index (χ0) is 25.8. The number of methoxy groups -OCH3 is 1. The molecule has 0 fully saturated rings. The van der Waals surface area contributed by atoms with Gasteiger partial charge in [-0.3, -0.25) is 13.9 Å². The monoisotopic (exact) mass is 503 g/mol. The molecule has 0 aliphatic heterocycles. The molecular weight excluding hydrogens is 466 g/mol. The molecule has 9 heteroatoms. The standard InChI is InChI=1S/C26H37N3O5S/c1-5-18-27-26(31)21(2)28(20-17-22-12-7-6-8-13-22)25(30)16-11-19-29(35(4,32)33)23-14-9-10-15-24(23)34-3/h6-10,12-15,21H,5,11,16-20H2,1-4H3,(H,27,31)/t21-/m1/s1. The minimum atomic E-state index is -3.59. The second kappa shape index (κ2) is 13.7. The van der Waals surface area contributed by atoms with Crippen LogP contribution in [0.4, 0.5) is 5.69 Å². The summed E-state index contributed by atoms with van der Waals surface area (Å²) in [6.45, 7) is 4.76. The number of benzene rings is 2. The van der Waals surface area contributed by atoms with E-state index in [4.69, 9.17) is 4.74 Å². The van der Waals surface area contributed by atoms with Crippen LogP contribution in [0.15, 0.2) is 54.6 Å². The Labute approximate surface area is 209 Å². The lowest BCUT2D eigenvalue weighted by Crippen LogP contribution is -2.49. The van der Waals surface area contributed by atoms with Crippen molar-refractivity contribution in [2.24, 2.45) is 0 Å². The second-order valence-electron chi connectivity index (χ2n) is 8.40. The Balaban J connectivity index is 2.12.